The van der Waals surface area contributed by atoms with Crippen LogP contribution in [0, 0.1) is 0 Å². The summed E-state index contributed by atoms with van der Waals surface area (Å²) in [5, 5.41) is 3.42. The van der Waals surface area contributed by atoms with Crippen LogP contribution in [0.5, 0.6) is 0 Å². The molecule has 1 unspecified atom stereocenters. The zero-order valence-corrected chi connectivity index (χ0v) is 24.9. The molecular formula is C27H52N4O6. The second-order valence-electron chi connectivity index (χ2n) is 12.7. The maximum Gasteiger partial charge on any atom is 0.323 e. The fourth-order valence-corrected chi connectivity index (χ4v) is 3.83. The lowest BCUT2D eigenvalue weighted by Crippen LogP contribution is -2.51. The highest BCUT2D eigenvalue weighted by atomic mass is 16.6. The van der Waals surface area contributed by atoms with Crippen LogP contribution in [0.2, 0.25) is 0 Å². The van der Waals surface area contributed by atoms with Gasteiger partial charge in [-0.3, -0.25) is 29.1 Å². The van der Waals surface area contributed by atoms with Crippen molar-refractivity contribution < 1.29 is 28.6 Å². The Hall–Kier alpha value is -1.75. The molecular weight excluding hydrogens is 476 g/mol. The van der Waals surface area contributed by atoms with Gasteiger partial charge in [-0.15, -0.1) is 0 Å². The van der Waals surface area contributed by atoms with Gasteiger partial charge < -0.3 is 19.5 Å². The van der Waals surface area contributed by atoms with Crippen molar-refractivity contribution in [2.45, 2.75) is 92.1 Å². The van der Waals surface area contributed by atoms with Crippen LogP contribution >= 0.6 is 0 Å². The van der Waals surface area contributed by atoms with Gasteiger partial charge in [0.15, 0.2) is 0 Å². The molecule has 37 heavy (non-hydrogen) atoms. The number of carbonyl (C=O) groups is 3. The van der Waals surface area contributed by atoms with Gasteiger partial charge in [0.2, 0.25) is 0 Å². The highest BCUT2D eigenvalue weighted by Gasteiger charge is 2.28. The van der Waals surface area contributed by atoms with E-state index < -0.39 is 22.8 Å². The summed E-state index contributed by atoms with van der Waals surface area (Å²) in [6.07, 6.45) is 0. The van der Waals surface area contributed by atoms with Crippen LogP contribution in [0.1, 0.15) is 69.2 Å². The van der Waals surface area contributed by atoms with Gasteiger partial charge in [-0.1, -0.05) is 0 Å². The van der Waals surface area contributed by atoms with E-state index >= 15 is 0 Å². The maximum atomic E-state index is 12.8. The number of ether oxygens (including phenoxy) is 3. The number of hydrogen-bond donors (Lipinski definition) is 1. The minimum absolute atomic E-state index is 0.129. The molecule has 10 heteroatoms. The van der Waals surface area contributed by atoms with E-state index in [1.54, 1.807) is 0 Å². The van der Waals surface area contributed by atoms with Crippen molar-refractivity contribution in [3.8, 4) is 0 Å². The third-order valence-electron chi connectivity index (χ3n) is 5.46. The molecule has 0 spiro atoms. The average molecular weight is 529 g/mol. The van der Waals surface area contributed by atoms with Crippen LogP contribution in [-0.4, -0.2) is 121 Å². The number of hydrogen-bond acceptors (Lipinski definition) is 10. The van der Waals surface area contributed by atoms with Crippen molar-refractivity contribution in [3.05, 3.63) is 0 Å². The third kappa shape index (κ3) is 16.0. The Morgan fingerprint density at radius 1 is 0.649 bits per heavy atom. The minimum atomic E-state index is -0.574. The molecule has 0 bridgehead atoms. The molecule has 0 aromatic carbocycles. The second kappa shape index (κ2) is 14.4. The number of esters is 3. The van der Waals surface area contributed by atoms with Crippen LogP contribution in [0.25, 0.3) is 0 Å². The summed E-state index contributed by atoms with van der Waals surface area (Å²) in [5.41, 5.74) is -1.68. The molecule has 1 fully saturated rings. The van der Waals surface area contributed by atoms with Gasteiger partial charge in [0.1, 0.15) is 22.8 Å². The van der Waals surface area contributed by atoms with E-state index in [1.165, 1.54) is 0 Å². The number of rotatable bonds is 6. The molecule has 10 nitrogen and oxygen atoms in total. The standard InChI is InChI=1S/C27H52N4O6/c1-21(24(34)37-27(8,9)10)31-14-12-28-11-13-29(19-22(32)35-25(2,3)4)15-16-30(17-18-31)20-23(33)36-26(5,6)7/h21,28H,11-20H2,1-10H3. The minimum Gasteiger partial charge on any atom is -0.459 e. The molecule has 1 aliphatic heterocycles. The normalized spacial score (nSPS) is 19.3. The molecule has 0 amide bonds. The van der Waals surface area contributed by atoms with E-state index in [2.05, 4.69) is 10.2 Å². The van der Waals surface area contributed by atoms with E-state index in [-0.39, 0.29) is 31.0 Å². The molecule has 216 valence electrons. The van der Waals surface area contributed by atoms with Crippen LogP contribution < -0.4 is 5.32 Å². The first-order valence-corrected chi connectivity index (χ1v) is 13.4. The molecule has 1 atom stereocenters. The Morgan fingerprint density at radius 3 is 1.51 bits per heavy atom. The number of nitrogens with zero attached hydrogens (tertiary/aromatic N) is 3. The summed E-state index contributed by atoms with van der Waals surface area (Å²) in [5.74, 6) is -0.829. The first kappa shape index (κ1) is 33.3. The fourth-order valence-electron chi connectivity index (χ4n) is 3.83. The number of carbonyl (C=O) groups excluding carboxylic acids is 3. The third-order valence-corrected chi connectivity index (χ3v) is 5.46. The van der Waals surface area contributed by atoms with Crippen LogP contribution in [-0.2, 0) is 28.6 Å². The fraction of sp³-hybridized carbons (Fsp3) is 0.889. The zero-order valence-electron chi connectivity index (χ0n) is 24.9. The lowest BCUT2D eigenvalue weighted by atomic mass is 10.2. The Morgan fingerprint density at radius 2 is 1.05 bits per heavy atom. The van der Waals surface area contributed by atoms with E-state index in [0.29, 0.717) is 52.4 Å². The van der Waals surface area contributed by atoms with Crippen molar-refractivity contribution in [1.82, 2.24) is 20.0 Å². The van der Waals surface area contributed by atoms with Gasteiger partial charge in [-0.05, 0) is 69.2 Å². The molecule has 1 rings (SSSR count). The van der Waals surface area contributed by atoms with Crippen molar-refractivity contribution >= 4 is 17.9 Å². The lowest BCUT2D eigenvalue weighted by Gasteiger charge is -2.34. The SMILES string of the molecule is CC(C(=O)OC(C)(C)C)N1CCNCCN(CC(=O)OC(C)(C)C)CCN(CC(=O)OC(C)(C)C)CC1. The Bertz CT molecular complexity index is 739. The summed E-state index contributed by atoms with van der Waals surface area (Å²) in [4.78, 5) is 44.1. The Labute approximate surface area is 224 Å². The predicted molar refractivity (Wildman–Crippen MR) is 144 cm³/mol. The lowest BCUT2D eigenvalue weighted by molar-refractivity contribution is -0.161. The molecule has 0 aromatic rings. The first-order chi connectivity index (χ1) is 16.8. The summed E-state index contributed by atoms with van der Waals surface area (Å²) >= 11 is 0. The van der Waals surface area contributed by atoms with E-state index in [9.17, 15) is 14.4 Å². The highest BCUT2D eigenvalue weighted by molar-refractivity contribution is 5.75. The van der Waals surface area contributed by atoms with E-state index in [4.69, 9.17) is 14.2 Å². The average Bonchev–Trinajstić information content (AvgIpc) is 2.67. The summed E-state index contributed by atoms with van der Waals surface area (Å²) in [7, 11) is 0. The Kier molecular flexibility index (Phi) is 13.0. The second-order valence-corrected chi connectivity index (χ2v) is 12.7. The first-order valence-electron chi connectivity index (χ1n) is 13.4. The van der Waals surface area contributed by atoms with Crippen molar-refractivity contribution in [1.29, 1.82) is 0 Å². The molecule has 0 aliphatic carbocycles. The number of nitrogens with one attached hydrogen (secondary N) is 1. The molecule has 1 N–H and O–H groups in total. The maximum absolute atomic E-state index is 12.8. The predicted octanol–water partition coefficient (Wildman–Crippen LogP) is 1.91. The molecule has 1 aliphatic rings. The molecule has 1 saturated heterocycles. The van der Waals surface area contributed by atoms with Gasteiger partial charge in [0, 0.05) is 52.4 Å². The van der Waals surface area contributed by atoms with Gasteiger partial charge >= 0.3 is 17.9 Å². The van der Waals surface area contributed by atoms with E-state index in [0.717, 1.165) is 0 Å². The Balaban J connectivity index is 2.97. The van der Waals surface area contributed by atoms with Crippen LogP contribution in [0.15, 0.2) is 0 Å². The largest absolute Gasteiger partial charge is 0.459 e. The summed E-state index contributed by atoms with van der Waals surface area (Å²) in [6.45, 7) is 23.8. The molecule has 1 heterocycles. The van der Waals surface area contributed by atoms with Crippen LogP contribution in [0.3, 0.4) is 0 Å². The van der Waals surface area contributed by atoms with Gasteiger partial charge in [-0.2, -0.15) is 0 Å². The molecule has 0 aromatic heterocycles. The molecule has 0 saturated carbocycles. The van der Waals surface area contributed by atoms with Gasteiger partial charge in [-0.25, -0.2) is 0 Å². The van der Waals surface area contributed by atoms with Crippen molar-refractivity contribution in [2.24, 2.45) is 0 Å². The van der Waals surface area contributed by atoms with Gasteiger partial charge in [0.25, 0.3) is 0 Å². The topological polar surface area (TPSA) is 101 Å². The zero-order chi connectivity index (χ0) is 28.4. The quantitative estimate of drug-likeness (QED) is 0.406. The van der Waals surface area contributed by atoms with E-state index in [1.807, 2.05) is 79.0 Å². The van der Waals surface area contributed by atoms with Crippen LogP contribution in [0.4, 0.5) is 0 Å². The van der Waals surface area contributed by atoms with Crippen molar-refractivity contribution in [3.63, 3.8) is 0 Å². The monoisotopic (exact) mass is 528 g/mol. The van der Waals surface area contributed by atoms with Crippen molar-refractivity contribution in [2.75, 3.05) is 65.4 Å². The highest BCUT2D eigenvalue weighted by Crippen LogP contribution is 2.13. The summed E-state index contributed by atoms with van der Waals surface area (Å²) in [6, 6.07) is -0.420. The smallest absolute Gasteiger partial charge is 0.323 e. The molecule has 0 radical (unpaired) electrons. The van der Waals surface area contributed by atoms with Gasteiger partial charge in [0.05, 0.1) is 13.1 Å². The summed E-state index contributed by atoms with van der Waals surface area (Å²) < 4.78 is 16.7.